The van der Waals surface area contributed by atoms with Crippen molar-refractivity contribution in [1.29, 1.82) is 0 Å². The SMILES string of the molecule is CCCCn1ccnc1C(=O)c1cc(-c2ccc(-c3ccccc3)cc2)nc2ccccc12. The smallest absolute Gasteiger partial charge is 0.229 e. The van der Waals surface area contributed by atoms with E-state index in [0.29, 0.717) is 11.4 Å². The molecular weight excluding hydrogens is 406 g/mol. The van der Waals surface area contributed by atoms with Gasteiger partial charge in [-0.25, -0.2) is 9.97 Å². The zero-order valence-corrected chi connectivity index (χ0v) is 18.6. The number of carbonyl (C=O) groups excluding carboxylic acids is 1. The number of rotatable bonds is 7. The van der Waals surface area contributed by atoms with Crippen molar-refractivity contribution in [2.45, 2.75) is 26.3 Å². The number of aryl methyl sites for hydroxylation is 1. The summed E-state index contributed by atoms with van der Waals surface area (Å²) in [6, 6.07) is 28.3. The number of imidazole rings is 1. The molecule has 2 aromatic heterocycles. The molecule has 3 aromatic carbocycles. The summed E-state index contributed by atoms with van der Waals surface area (Å²) in [6.45, 7) is 2.93. The highest BCUT2D eigenvalue weighted by Crippen LogP contribution is 2.28. The quantitative estimate of drug-likeness (QED) is 0.266. The van der Waals surface area contributed by atoms with Crippen molar-refractivity contribution in [1.82, 2.24) is 14.5 Å². The molecule has 33 heavy (non-hydrogen) atoms. The average molecular weight is 432 g/mol. The van der Waals surface area contributed by atoms with Gasteiger partial charge in [0.25, 0.3) is 0 Å². The highest BCUT2D eigenvalue weighted by molar-refractivity contribution is 6.15. The van der Waals surface area contributed by atoms with Crippen LogP contribution in [0.25, 0.3) is 33.3 Å². The Morgan fingerprint density at radius 2 is 1.55 bits per heavy atom. The Morgan fingerprint density at radius 1 is 0.848 bits per heavy atom. The number of aromatic nitrogens is 3. The van der Waals surface area contributed by atoms with Crippen molar-refractivity contribution in [3.8, 4) is 22.4 Å². The summed E-state index contributed by atoms with van der Waals surface area (Å²) in [6.07, 6.45) is 5.66. The van der Waals surface area contributed by atoms with Gasteiger partial charge in [0, 0.05) is 35.5 Å². The summed E-state index contributed by atoms with van der Waals surface area (Å²) in [5, 5.41) is 0.845. The van der Waals surface area contributed by atoms with Gasteiger partial charge in [0.1, 0.15) is 0 Å². The average Bonchev–Trinajstić information content (AvgIpc) is 3.35. The molecule has 4 nitrogen and oxygen atoms in total. The number of hydrogen-bond donors (Lipinski definition) is 0. The number of benzene rings is 3. The van der Waals surface area contributed by atoms with E-state index in [2.05, 4.69) is 48.3 Å². The number of carbonyl (C=O) groups is 1. The first-order valence-corrected chi connectivity index (χ1v) is 11.4. The fourth-order valence-electron chi connectivity index (χ4n) is 4.12. The van der Waals surface area contributed by atoms with Crippen LogP contribution in [0.3, 0.4) is 0 Å². The van der Waals surface area contributed by atoms with Gasteiger partial charge in [0.15, 0.2) is 5.82 Å². The first kappa shape index (κ1) is 20.8. The van der Waals surface area contributed by atoms with Gasteiger partial charge in [-0.15, -0.1) is 0 Å². The fourth-order valence-corrected chi connectivity index (χ4v) is 4.12. The van der Waals surface area contributed by atoms with Gasteiger partial charge in [0.2, 0.25) is 5.78 Å². The number of para-hydroxylation sites is 1. The van der Waals surface area contributed by atoms with E-state index in [0.717, 1.165) is 47.1 Å². The Bertz CT molecular complexity index is 1400. The Labute approximate surface area is 193 Å². The van der Waals surface area contributed by atoms with Crippen molar-refractivity contribution in [3.63, 3.8) is 0 Å². The first-order valence-electron chi connectivity index (χ1n) is 11.4. The molecule has 0 fully saturated rings. The van der Waals surface area contributed by atoms with Crippen LogP contribution in [0.15, 0.2) is 97.3 Å². The molecule has 5 rings (SSSR count). The van der Waals surface area contributed by atoms with E-state index in [1.165, 1.54) is 5.56 Å². The van der Waals surface area contributed by atoms with E-state index < -0.39 is 0 Å². The third-order valence-electron chi connectivity index (χ3n) is 5.92. The minimum Gasteiger partial charge on any atom is -0.328 e. The largest absolute Gasteiger partial charge is 0.328 e. The van der Waals surface area contributed by atoms with Crippen LogP contribution in [0.2, 0.25) is 0 Å². The maximum atomic E-state index is 13.6. The topological polar surface area (TPSA) is 47.8 Å². The molecule has 0 N–H and O–H groups in total. The first-order chi connectivity index (χ1) is 16.2. The van der Waals surface area contributed by atoms with Gasteiger partial charge >= 0.3 is 0 Å². The third kappa shape index (κ3) is 4.20. The molecule has 0 aliphatic heterocycles. The Hall–Kier alpha value is -4.05. The van der Waals surface area contributed by atoms with Crippen LogP contribution in [-0.2, 0) is 6.54 Å². The second-order valence-electron chi connectivity index (χ2n) is 8.14. The maximum Gasteiger partial charge on any atom is 0.229 e. The van der Waals surface area contributed by atoms with E-state index in [1.54, 1.807) is 6.20 Å². The summed E-state index contributed by atoms with van der Waals surface area (Å²) in [5.41, 5.74) is 5.51. The normalized spacial score (nSPS) is 11.1. The van der Waals surface area contributed by atoms with Gasteiger partial charge in [-0.1, -0.05) is 86.1 Å². The minimum absolute atomic E-state index is 0.0724. The van der Waals surface area contributed by atoms with Crippen LogP contribution in [0.1, 0.15) is 35.9 Å². The molecule has 4 heteroatoms. The van der Waals surface area contributed by atoms with Crippen molar-refractivity contribution in [2.75, 3.05) is 0 Å². The Kier molecular flexibility index (Phi) is 5.81. The molecule has 0 radical (unpaired) electrons. The maximum absolute atomic E-state index is 13.6. The second kappa shape index (κ2) is 9.21. The summed E-state index contributed by atoms with van der Waals surface area (Å²) in [4.78, 5) is 22.9. The molecule has 0 amide bonds. The fraction of sp³-hybridized carbons (Fsp3) is 0.138. The lowest BCUT2D eigenvalue weighted by Gasteiger charge is -2.11. The van der Waals surface area contributed by atoms with Crippen molar-refractivity contribution in [2.24, 2.45) is 0 Å². The van der Waals surface area contributed by atoms with E-state index in [9.17, 15) is 4.79 Å². The minimum atomic E-state index is -0.0724. The predicted octanol–water partition coefficient (Wildman–Crippen LogP) is 6.80. The lowest BCUT2D eigenvalue weighted by Crippen LogP contribution is -2.12. The zero-order valence-electron chi connectivity index (χ0n) is 18.6. The molecular formula is C29H25N3O. The van der Waals surface area contributed by atoms with Gasteiger partial charge in [0.05, 0.1) is 11.2 Å². The number of hydrogen-bond acceptors (Lipinski definition) is 3. The van der Waals surface area contributed by atoms with Gasteiger partial charge in [-0.05, 0) is 29.7 Å². The highest BCUT2D eigenvalue weighted by Gasteiger charge is 2.19. The Morgan fingerprint density at radius 3 is 2.33 bits per heavy atom. The number of fused-ring (bicyclic) bond motifs is 1. The van der Waals surface area contributed by atoms with E-state index >= 15 is 0 Å². The molecule has 162 valence electrons. The third-order valence-corrected chi connectivity index (χ3v) is 5.92. The summed E-state index contributed by atoms with van der Waals surface area (Å²) >= 11 is 0. The highest BCUT2D eigenvalue weighted by atomic mass is 16.1. The molecule has 0 bridgehead atoms. The number of nitrogens with zero attached hydrogens (tertiary/aromatic N) is 3. The van der Waals surface area contributed by atoms with Crippen LogP contribution in [0, 0.1) is 0 Å². The molecule has 0 aliphatic rings. The number of unbranched alkanes of at least 4 members (excludes halogenated alkanes) is 1. The monoisotopic (exact) mass is 431 g/mol. The summed E-state index contributed by atoms with van der Waals surface area (Å²) in [5.74, 6) is 0.405. The van der Waals surface area contributed by atoms with Crippen molar-refractivity contribution >= 4 is 16.7 Å². The van der Waals surface area contributed by atoms with Crippen LogP contribution < -0.4 is 0 Å². The standard InChI is InChI=1S/C29H25N3O/c1-2-3-18-32-19-17-30-29(32)28(33)25-20-27(31-26-12-8-7-11-24(25)26)23-15-13-22(14-16-23)21-9-5-4-6-10-21/h4-17,19-20H,2-3,18H2,1H3. The lowest BCUT2D eigenvalue weighted by molar-refractivity contribution is 0.102. The zero-order chi connectivity index (χ0) is 22.6. The van der Waals surface area contributed by atoms with E-state index in [-0.39, 0.29) is 5.78 Å². The second-order valence-corrected chi connectivity index (χ2v) is 8.14. The van der Waals surface area contributed by atoms with Crippen LogP contribution in [0.5, 0.6) is 0 Å². The van der Waals surface area contributed by atoms with E-state index in [4.69, 9.17) is 4.98 Å². The molecule has 0 atom stereocenters. The number of ketones is 1. The molecule has 0 aliphatic carbocycles. The van der Waals surface area contributed by atoms with Crippen LogP contribution >= 0.6 is 0 Å². The van der Waals surface area contributed by atoms with E-state index in [1.807, 2.05) is 59.3 Å². The lowest BCUT2D eigenvalue weighted by atomic mass is 9.99. The molecule has 2 heterocycles. The molecule has 0 unspecified atom stereocenters. The molecule has 0 spiro atoms. The summed E-state index contributed by atoms with van der Waals surface area (Å²) < 4.78 is 1.95. The molecule has 0 saturated carbocycles. The summed E-state index contributed by atoms with van der Waals surface area (Å²) in [7, 11) is 0. The predicted molar refractivity (Wildman–Crippen MR) is 133 cm³/mol. The Balaban J connectivity index is 1.57. The molecule has 5 aromatic rings. The van der Waals surface area contributed by atoms with Crippen molar-refractivity contribution < 1.29 is 4.79 Å². The van der Waals surface area contributed by atoms with Gasteiger partial charge < -0.3 is 4.57 Å². The number of pyridine rings is 1. The van der Waals surface area contributed by atoms with Crippen molar-refractivity contribution in [3.05, 3.63) is 109 Å². The van der Waals surface area contributed by atoms with Gasteiger partial charge in [-0.2, -0.15) is 0 Å². The van der Waals surface area contributed by atoms with Crippen LogP contribution in [0.4, 0.5) is 0 Å². The molecule has 0 saturated heterocycles. The van der Waals surface area contributed by atoms with Gasteiger partial charge in [-0.3, -0.25) is 4.79 Å². The van der Waals surface area contributed by atoms with Crippen LogP contribution in [-0.4, -0.2) is 20.3 Å².